The molecule has 57 valence electrons. The van der Waals surface area contributed by atoms with Crippen LogP contribution in [-0.2, 0) is 0 Å². The van der Waals surface area contributed by atoms with Crippen LogP contribution in [0, 0.1) is 5.92 Å². The first-order valence-corrected chi connectivity index (χ1v) is 3.99. The Morgan fingerprint density at radius 3 is 2.09 bits per heavy atom. The van der Waals surface area contributed by atoms with Crippen LogP contribution in [0.25, 0.3) is 0 Å². The molecule has 0 aromatic heterocycles. The molecule has 1 aliphatic rings. The Morgan fingerprint density at radius 1 is 1.09 bits per heavy atom. The molecule has 0 aliphatic carbocycles. The molecule has 1 atom stereocenters. The van der Waals surface area contributed by atoms with Crippen molar-refractivity contribution < 1.29 is 0 Å². The van der Waals surface area contributed by atoms with E-state index in [1.807, 2.05) is 15.1 Å². The maximum atomic E-state index is 3.00. The quantitative estimate of drug-likeness (QED) is 0.498. The zero-order chi connectivity index (χ0) is 8.27. The molecule has 1 heterocycles. The lowest BCUT2D eigenvalue weighted by Crippen LogP contribution is -2.61. The number of nitrogens with zero attached hydrogens (tertiary/aromatic N) is 1. The lowest BCUT2D eigenvalue weighted by molar-refractivity contribution is 0.384. The van der Waals surface area contributed by atoms with Crippen LogP contribution in [0.1, 0.15) is 20.8 Å². The summed E-state index contributed by atoms with van der Waals surface area (Å²) >= 11 is 0. The monoisotopic (exact) mass is 148 g/mol. The van der Waals surface area contributed by atoms with Gasteiger partial charge in [-0.1, -0.05) is 20.8 Å². The highest BCUT2D eigenvalue weighted by Gasteiger charge is 2.21. The van der Waals surface area contributed by atoms with Crippen molar-refractivity contribution >= 4 is 22.6 Å². The Morgan fingerprint density at radius 2 is 1.64 bits per heavy atom. The third-order valence-corrected chi connectivity index (χ3v) is 2.05. The summed E-state index contributed by atoms with van der Waals surface area (Å²) in [6.07, 6.45) is 0. The molecular formula is C5H13B3N3. The Labute approximate surface area is 71.2 Å². The lowest BCUT2D eigenvalue weighted by atomic mass is 9.77. The molecule has 1 fully saturated rings. The molecule has 1 unspecified atom stereocenters. The Kier molecular flexibility index (Phi) is 3.49. The second-order valence-electron chi connectivity index (χ2n) is 3.17. The minimum Gasteiger partial charge on any atom is -0.379 e. The second kappa shape index (κ2) is 4.19. The van der Waals surface area contributed by atoms with Crippen molar-refractivity contribution in [1.29, 1.82) is 0 Å². The molecule has 1 rings (SSSR count). The molecule has 0 aromatic carbocycles. The van der Waals surface area contributed by atoms with E-state index in [-0.39, 0.29) is 0 Å². The van der Waals surface area contributed by atoms with Crippen LogP contribution < -0.4 is 10.3 Å². The van der Waals surface area contributed by atoms with Gasteiger partial charge in [0.05, 0.1) is 0 Å². The molecule has 2 N–H and O–H groups in total. The number of hydrogen-bond donors (Lipinski definition) is 2. The third kappa shape index (κ3) is 2.54. The summed E-state index contributed by atoms with van der Waals surface area (Å²) in [5.41, 5.74) is 0. The third-order valence-electron chi connectivity index (χ3n) is 2.05. The largest absolute Gasteiger partial charge is 0.379 e. The van der Waals surface area contributed by atoms with Gasteiger partial charge in [-0.15, -0.1) is 0 Å². The van der Waals surface area contributed by atoms with Crippen LogP contribution in [0.15, 0.2) is 0 Å². The maximum absolute atomic E-state index is 3.00. The summed E-state index contributed by atoms with van der Waals surface area (Å²) in [7, 11) is 5.71. The van der Waals surface area contributed by atoms with Crippen LogP contribution in [0.3, 0.4) is 0 Å². The van der Waals surface area contributed by atoms with Crippen LogP contribution >= 0.6 is 0 Å². The molecule has 0 amide bonds. The van der Waals surface area contributed by atoms with E-state index in [1.54, 1.807) is 7.55 Å². The summed E-state index contributed by atoms with van der Waals surface area (Å²) in [5, 5.41) is 6.01. The summed E-state index contributed by atoms with van der Waals surface area (Å²) in [6, 6.07) is 0.531. The van der Waals surface area contributed by atoms with Gasteiger partial charge in [0, 0.05) is 0 Å². The normalized spacial score (nSPS) is 21.8. The van der Waals surface area contributed by atoms with E-state index < -0.39 is 0 Å². The average molecular weight is 148 g/mol. The first-order chi connectivity index (χ1) is 5.22. The van der Waals surface area contributed by atoms with Gasteiger partial charge >= 0.3 is 0 Å². The standard InChI is InChI=1S/C5H13B3N3/c1-4(2)5(3)11-7-9-6-10-8-11/h4-5,9-10H,1-3H3. The molecule has 3 radical (unpaired) electrons. The summed E-state index contributed by atoms with van der Waals surface area (Å²) < 4.78 is 2.13. The predicted molar refractivity (Wildman–Crippen MR) is 49.7 cm³/mol. The molecule has 0 spiro atoms. The van der Waals surface area contributed by atoms with Crippen molar-refractivity contribution in [2.45, 2.75) is 26.8 Å². The molecule has 11 heavy (non-hydrogen) atoms. The average Bonchev–Trinajstić information content (AvgIpc) is 2.05. The topological polar surface area (TPSA) is 27.3 Å². The highest BCUT2D eigenvalue weighted by atomic mass is 15.1. The van der Waals surface area contributed by atoms with E-state index >= 15 is 0 Å². The Balaban J connectivity index is 2.32. The van der Waals surface area contributed by atoms with Gasteiger partial charge in [-0.25, -0.2) is 0 Å². The van der Waals surface area contributed by atoms with Gasteiger partial charge in [0.1, 0.15) is 0 Å². The van der Waals surface area contributed by atoms with Gasteiger partial charge in [0.2, 0.25) is 0 Å². The minimum atomic E-state index is 0.531. The fraction of sp³-hybridized carbons (Fsp3) is 1.00. The number of hydrogen-bond acceptors (Lipinski definition) is 3. The maximum Gasteiger partial charge on any atom is 0.287 e. The predicted octanol–water partition coefficient (Wildman–Crippen LogP) is -0.872. The van der Waals surface area contributed by atoms with E-state index in [9.17, 15) is 0 Å². The van der Waals surface area contributed by atoms with Gasteiger partial charge in [-0.05, 0) is 12.0 Å². The SMILES string of the molecule is CC(C)C(C)N1[B]N[B]N[B]1. The molecule has 1 saturated heterocycles. The van der Waals surface area contributed by atoms with E-state index in [2.05, 4.69) is 35.8 Å². The zero-order valence-corrected chi connectivity index (χ0v) is 7.33. The van der Waals surface area contributed by atoms with Crippen LogP contribution in [-0.4, -0.2) is 33.4 Å². The molecule has 3 nitrogen and oxygen atoms in total. The minimum absolute atomic E-state index is 0.531. The molecule has 1 aliphatic heterocycles. The van der Waals surface area contributed by atoms with Crippen molar-refractivity contribution in [2.75, 3.05) is 0 Å². The van der Waals surface area contributed by atoms with E-state index in [1.165, 1.54) is 0 Å². The van der Waals surface area contributed by atoms with E-state index in [0.29, 0.717) is 12.0 Å². The zero-order valence-electron chi connectivity index (χ0n) is 7.33. The van der Waals surface area contributed by atoms with Gasteiger partial charge in [0.25, 0.3) is 22.6 Å². The molecule has 0 aromatic rings. The summed E-state index contributed by atoms with van der Waals surface area (Å²) in [5.74, 6) is 0.657. The van der Waals surface area contributed by atoms with Gasteiger partial charge < -0.3 is 15.0 Å². The van der Waals surface area contributed by atoms with Gasteiger partial charge in [-0.3, -0.25) is 0 Å². The first kappa shape index (κ1) is 9.17. The Bertz CT molecular complexity index is 116. The first-order valence-electron chi connectivity index (χ1n) is 3.99. The highest BCUT2D eigenvalue weighted by Crippen LogP contribution is 2.06. The van der Waals surface area contributed by atoms with E-state index in [4.69, 9.17) is 0 Å². The smallest absolute Gasteiger partial charge is 0.287 e. The Hall–Kier alpha value is 0.0748. The molecule has 6 heteroatoms. The molecular weight excluding hydrogens is 135 g/mol. The van der Waals surface area contributed by atoms with Crippen molar-refractivity contribution in [3.8, 4) is 0 Å². The lowest BCUT2D eigenvalue weighted by Gasteiger charge is -2.33. The molecule has 0 saturated carbocycles. The number of nitrogens with one attached hydrogen (secondary N) is 2. The number of rotatable bonds is 2. The molecule has 0 bridgehead atoms. The second-order valence-corrected chi connectivity index (χ2v) is 3.17. The van der Waals surface area contributed by atoms with E-state index in [0.717, 1.165) is 0 Å². The summed E-state index contributed by atoms with van der Waals surface area (Å²) in [6.45, 7) is 6.63. The summed E-state index contributed by atoms with van der Waals surface area (Å²) in [4.78, 5) is 0. The fourth-order valence-electron chi connectivity index (χ4n) is 0.911. The highest BCUT2D eigenvalue weighted by molar-refractivity contribution is 6.65. The van der Waals surface area contributed by atoms with Crippen molar-refractivity contribution in [1.82, 2.24) is 15.0 Å². The van der Waals surface area contributed by atoms with Crippen molar-refractivity contribution in [3.05, 3.63) is 0 Å². The van der Waals surface area contributed by atoms with Crippen molar-refractivity contribution in [2.24, 2.45) is 5.92 Å². The van der Waals surface area contributed by atoms with Crippen molar-refractivity contribution in [3.63, 3.8) is 0 Å². The van der Waals surface area contributed by atoms with Gasteiger partial charge in [-0.2, -0.15) is 0 Å². The van der Waals surface area contributed by atoms with Crippen LogP contribution in [0.2, 0.25) is 0 Å². The fourth-order valence-corrected chi connectivity index (χ4v) is 0.911. The van der Waals surface area contributed by atoms with Crippen LogP contribution in [0.5, 0.6) is 0 Å². The van der Waals surface area contributed by atoms with Crippen LogP contribution in [0.4, 0.5) is 0 Å². The van der Waals surface area contributed by atoms with Gasteiger partial charge in [0.15, 0.2) is 0 Å².